The van der Waals surface area contributed by atoms with Gasteiger partial charge in [0.15, 0.2) is 0 Å². The van der Waals surface area contributed by atoms with Gasteiger partial charge in [-0.15, -0.1) is 0 Å². The first kappa shape index (κ1) is 25.9. The third-order valence-corrected chi connectivity index (χ3v) is 8.01. The molecule has 0 bridgehead atoms. The molecule has 0 spiro atoms. The summed E-state index contributed by atoms with van der Waals surface area (Å²) in [5.74, 6) is 2.57. The topological polar surface area (TPSA) is 121 Å². The molecule has 2 aliphatic heterocycles. The largest absolute Gasteiger partial charge is 0.494 e. The number of sulfonamides is 1. The molecular weight excluding hydrogens is 506 g/mol. The minimum absolute atomic E-state index is 0.170. The molecule has 2 aliphatic rings. The van der Waals surface area contributed by atoms with E-state index >= 15 is 0 Å². The summed E-state index contributed by atoms with van der Waals surface area (Å²) in [5.41, 5.74) is 3.89. The molecule has 3 aromatic rings. The number of morpholine rings is 1. The number of rotatable bonds is 8. The van der Waals surface area contributed by atoms with E-state index in [1.54, 1.807) is 19.2 Å². The first-order chi connectivity index (χ1) is 18.2. The second kappa shape index (κ2) is 10.5. The van der Waals surface area contributed by atoms with Crippen molar-refractivity contribution in [2.75, 3.05) is 78.4 Å². The van der Waals surface area contributed by atoms with Crippen molar-refractivity contribution in [3.05, 3.63) is 48.0 Å². The molecule has 3 heterocycles. The molecule has 1 atom stereocenters. The molecule has 0 radical (unpaired) electrons. The fraction of sp³-hybridized carbons (Fsp3) is 0.385. The van der Waals surface area contributed by atoms with E-state index < -0.39 is 10.0 Å². The van der Waals surface area contributed by atoms with Gasteiger partial charge in [0.1, 0.15) is 17.4 Å². The zero-order valence-corrected chi connectivity index (χ0v) is 22.8. The number of nitrogens with one attached hydrogen (secondary N) is 3. The number of anilines is 7. The average Bonchev–Trinajstić information content (AvgIpc) is 3.29. The summed E-state index contributed by atoms with van der Waals surface area (Å²) in [6.07, 6.45) is 1.18. The Morgan fingerprint density at radius 1 is 1.11 bits per heavy atom. The summed E-state index contributed by atoms with van der Waals surface area (Å²) in [6, 6.07) is 13.2. The van der Waals surface area contributed by atoms with Crippen molar-refractivity contribution in [1.82, 2.24) is 9.97 Å². The van der Waals surface area contributed by atoms with Gasteiger partial charge in [0.05, 0.1) is 43.6 Å². The minimum Gasteiger partial charge on any atom is -0.494 e. The Morgan fingerprint density at radius 2 is 1.87 bits per heavy atom. The Bertz CT molecular complexity index is 1430. The molecule has 38 heavy (non-hydrogen) atoms. The van der Waals surface area contributed by atoms with Crippen molar-refractivity contribution in [2.24, 2.45) is 0 Å². The standard InChI is InChI=1S/C26H33N7O4S/c1-17-16-27-24-23(17)25(28-19-7-5-6-8-21(19)32(2)38(4,34)35)31-26(30-24)29-20-10-9-18(15-22(20)36-3)33-11-13-37-14-12-33/h5-10,15,17H,11-14,16H2,1-4H3,(H3,27,28,29,30,31)/t17-/m1/s1. The number of nitrogens with zero attached hydrogens (tertiary/aromatic N) is 4. The molecule has 1 saturated heterocycles. The number of hydrogen-bond acceptors (Lipinski definition) is 10. The molecule has 1 aromatic heterocycles. The molecule has 0 amide bonds. The average molecular weight is 540 g/mol. The van der Waals surface area contributed by atoms with Crippen molar-refractivity contribution < 1.29 is 17.9 Å². The van der Waals surface area contributed by atoms with E-state index in [4.69, 9.17) is 19.4 Å². The minimum atomic E-state index is -3.45. The van der Waals surface area contributed by atoms with E-state index in [2.05, 4.69) is 27.8 Å². The summed E-state index contributed by atoms with van der Waals surface area (Å²) in [5, 5.41) is 10.0. The Morgan fingerprint density at radius 3 is 2.61 bits per heavy atom. The monoisotopic (exact) mass is 539 g/mol. The Kier molecular flexibility index (Phi) is 7.17. The van der Waals surface area contributed by atoms with Gasteiger partial charge in [-0.2, -0.15) is 9.97 Å². The number of methoxy groups -OCH3 is 1. The van der Waals surface area contributed by atoms with Crippen LogP contribution in [0.5, 0.6) is 5.75 Å². The van der Waals surface area contributed by atoms with Crippen LogP contribution < -0.4 is 29.9 Å². The number of fused-ring (bicyclic) bond motifs is 1. The number of ether oxygens (including phenoxy) is 2. The van der Waals surface area contributed by atoms with E-state index in [1.807, 2.05) is 30.3 Å². The number of benzene rings is 2. The Balaban J connectivity index is 1.48. The highest BCUT2D eigenvalue weighted by atomic mass is 32.2. The predicted molar refractivity (Wildman–Crippen MR) is 151 cm³/mol. The van der Waals surface area contributed by atoms with Crippen LogP contribution in [-0.4, -0.2) is 71.6 Å². The van der Waals surface area contributed by atoms with Crippen LogP contribution in [-0.2, 0) is 14.8 Å². The van der Waals surface area contributed by atoms with Gasteiger partial charge in [0.25, 0.3) is 0 Å². The summed E-state index contributed by atoms with van der Waals surface area (Å²) >= 11 is 0. The lowest BCUT2D eigenvalue weighted by Gasteiger charge is -2.29. The van der Waals surface area contributed by atoms with Gasteiger partial charge in [-0.3, -0.25) is 4.31 Å². The summed E-state index contributed by atoms with van der Waals surface area (Å²) in [7, 11) is -0.280. The van der Waals surface area contributed by atoms with Crippen LogP contribution in [0.25, 0.3) is 0 Å². The molecule has 0 aliphatic carbocycles. The van der Waals surface area contributed by atoms with Gasteiger partial charge in [-0.25, -0.2) is 8.42 Å². The van der Waals surface area contributed by atoms with Gasteiger partial charge in [-0.1, -0.05) is 19.1 Å². The van der Waals surface area contributed by atoms with Crippen LogP contribution in [0.15, 0.2) is 42.5 Å². The first-order valence-electron chi connectivity index (χ1n) is 12.5. The highest BCUT2D eigenvalue weighted by Crippen LogP contribution is 2.40. The lowest BCUT2D eigenvalue weighted by Crippen LogP contribution is -2.36. The van der Waals surface area contributed by atoms with Crippen molar-refractivity contribution in [3.63, 3.8) is 0 Å². The summed E-state index contributed by atoms with van der Waals surface area (Å²) < 4.78 is 36.9. The lowest BCUT2D eigenvalue weighted by molar-refractivity contribution is 0.122. The van der Waals surface area contributed by atoms with Gasteiger partial charge < -0.3 is 30.3 Å². The molecule has 202 valence electrons. The Labute approximate surface area is 223 Å². The maximum absolute atomic E-state index is 12.2. The van der Waals surface area contributed by atoms with E-state index in [0.29, 0.717) is 42.1 Å². The van der Waals surface area contributed by atoms with Crippen LogP contribution in [0.1, 0.15) is 18.4 Å². The fourth-order valence-electron chi connectivity index (χ4n) is 4.66. The fourth-order valence-corrected chi connectivity index (χ4v) is 5.17. The molecule has 12 heteroatoms. The smallest absolute Gasteiger partial charge is 0.232 e. The van der Waals surface area contributed by atoms with E-state index in [1.165, 1.54) is 17.6 Å². The quantitative estimate of drug-likeness (QED) is 0.390. The number of aromatic nitrogens is 2. The predicted octanol–water partition coefficient (Wildman–Crippen LogP) is 3.73. The van der Waals surface area contributed by atoms with E-state index in [-0.39, 0.29) is 5.92 Å². The second-order valence-electron chi connectivity index (χ2n) is 9.42. The van der Waals surface area contributed by atoms with E-state index in [9.17, 15) is 8.42 Å². The second-order valence-corrected chi connectivity index (χ2v) is 11.4. The van der Waals surface area contributed by atoms with Crippen LogP contribution in [0, 0.1) is 0 Å². The van der Waals surface area contributed by atoms with Crippen molar-refractivity contribution in [2.45, 2.75) is 12.8 Å². The van der Waals surface area contributed by atoms with Crippen LogP contribution in [0.4, 0.5) is 40.3 Å². The summed E-state index contributed by atoms with van der Waals surface area (Å²) in [6.45, 7) is 5.90. The molecule has 0 saturated carbocycles. The molecule has 0 unspecified atom stereocenters. The van der Waals surface area contributed by atoms with Gasteiger partial charge in [0.2, 0.25) is 16.0 Å². The number of para-hydroxylation sites is 2. The molecule has 2 aromatic carbocycles. The maximum Gasteiger partial charge on any atom is 0.232 e. The van der Waals surface area contributed by atoms with E-state index in [0.717, 1.165) is 42.4 Å². The number of hydrogen-bond donors (Lipinski definition) is 3. The van der Waals surface area contributed by atoms with Gasteiger partial charge >= 0.3 is 0 Å². The zero-order chi connectivity index (χ0) is 26.9. The van der Waals surface area contributed by atoms with Gasteiger partial charge in [-0.05, 0) is 24.3 Å². The van der Waals surface area contributed by atoms with Crippen LogP contribution in [0.2, 0.25) is 0 Å². The summed E-state index contributed by atoms with van der Waals surface area (Å²) in [4.78, 5) is 11.8. The molecule has 5 rings (SSSR count). The molecule has 11 nitrogen and oxygen atoms in total. The SMILES string of the molecule is COc1cc(N2CCOCC2)ccc1Nc1nc2c(c(Nc3ccccc3N(C)S(C)(=O)=O)n1)[C@H](C)CN2. The molecule has 1 fully saturated rings. The Hall–Kier alpha value is -3.77. The highest BCUT2D eigenvalue weighted by Gasteiger charge is 2.27. The third kappa shape index (κ3) is 5.27. The first-order valence-corrected chi connectivity index (χ1v) is 14.3. The zero-order valence-electron chi connectivity index (χ0n) is 22.0. The van der Waals surface area contributed by atoms with Crippen LogP contribution >= 0.6 is 0 Å². The molecule has 3 N–H and O–H groups in total. The third-order valence-electron chi connectivity index (χ3n) is 6.82. The van der Waals surface area contributed by atoms with Crippen LogP contribution in [0.3, 0.4) is 0 Å². The maximum atomic E-state index is 12.2. The van der Waals surface area contributed by atoms with Crippen molar-refractivity contribution in [1.29, 1.82) is 0 Å². The van der Waals surface area contributed by atoms with Crippen molar-refractivity contribution in [3.8, 4) is 5.75 Å². The lowest BCUT2D eigenvalue weighted by atomic mass is 10.1. The highest BCUT2D eigenvalue weighted by molar-refractivity contribution is 7.92. The van der Waals surface area contributed by atoms with Gasteiger partial charge in [0, 0.05) is 49.9 Å². The molecular formula is C26H33N7O4S. The normalized spacial score (nSPS) is 16.9. The van der Waals surface area contributed by atoms with Crippen molar-refractivity contribution >= 4 is 50.4 Å².